The average molecular weight is 259 g/mol. The molecule has 1 aromatic rings. The molecule has 0 bridgehead atoms. The minimum atomic E-state index is 0.155. The van der Waals surface area contributed by atoms with Crippen LogP contribution in [-0.2, 0) is 4.79 Å². The maximum atomic E-state index is 12.7. The summed E-state index contributed by atoms with van der Waals surface area (Å²) in [6, 6.07) is 0.155. The molecule has 1 aliphatic heterocycles. The van der Waals surface area contributed by atoms with Gasteiger partial charge in [0.1, 0.15) is 5.82 Å². The fourth-order valence-corrected chi connectivity index (χ4v) is 3.19. The van der Waals surface area contributed by atoms with E-state index in [2.05, 4.69) is 27.0 Å². The lowest BCUT2D eigenvalue weighted by Crippen LogP contribution is -2.42. The maximum absolute atomic E-state index is 12.7. The molecule has 0 aromatic carbocycles. The Balaban J connectivity index is 1.76. The molecule has 1 N–H and O–H groups in total. The van der Waals surface area contributed by atoms with Crippen LogP contribution in [0.3, 0.4) is 0 Å². The first-order valence-corrected chi connectivity index (χ1v) is 7.31. The highest BCUT2D eigenvalue weighted by Crippen LogP contribution is 2.32. The van der Waals surface area contributed by atoms with Gasteiger partial charge in [-0.05, 0) is 38.5 Å². The first-order valence-electron chi connectivity index (χ1n) is 7.31. The number of nitrogens with one attached hydrogen (secondary N) is 1. The normalized spacial score (nSPS) is 27.5. The summed E-state index contributed by atoms with van der Waals surface area (Å²) in [4.78, 5) is 22.3. The highest BCUT2D eigenvalue weighted by Gasteiger charge is 2.33. The Kier molecular flexibility index (Phi) is 3.67. The largest absolute Gasteiger partial charge is 0.347 e. The van der Waals surface area contributed by atoms with E-state index < -0.39 is 0 Å². The molecule has 3 rings (SSSR count). The van der Waals surface area contributed by atoms with Gasteiger partial charge in [-0.3, -0.25) is 4.79 Å². The predicted octanol–water partition coefficient (Wildman–Crippen LogP) is 2.82. The number of carbonyl (C=O) groups excluding carboxylic acids is 1. The van der Waals surface area contributed by atoms with Crippen molar-refractivity contribution in [2.45, 2.75) is 44.6 Å². The second-order valence-corrected chi connectivity index (χ2v) is 5.50. The molecule has 1 aliphatic carbocycles. The Hall–Kier alpha value is -1.58. The van der Waals surface area contributed by atoms with Crippen LogP contribution < -0.4 is 0 Å². The molecular formula is C15H21N3O. The summed E-state index contributed by atoms with van der Waals surface area (Å²) in [6.45, 7) is 0.879. The van der Waals surface area contributed by atoms with Gasteiger partial charge in [0.15, 0.2) is 0 Å². The molecule has 2 aliphatic rings. The van der Waals surface area contributed by atoms with Crippen LogP contribution in [0.5, 0.6) is 0 Å². The smallest absolute Gasteiger partial charge is 0.226 e. The van der Waals surface area contributed by atoms with Gasteiger partial charge < -0.3 is 9.88 Å². The third kappa shape index (κ3) is 2.57. The SMILES string of the molecule is O=C([C@@H]1CC=CCC1)N1CCCC[C@@H]1c1ncc[nH]1. The number of likely N-dealkylation sites (tertiary alicyclic amines) is 1. The molecule has 0 saturated carbocycles. The van der Waals surface area contributed by atoms with E-state index in [0.717, 1.165) is 44.5 Å². The van der Waals surface area contributed by atoms with Crippen molar-refractivity contribution < 1.29 is 4.79 Å². The summed E-state index contributed by atoms with van der Waals surface area (Å²) in [6.07, 6.45) is 14.2. The molecule has 1 aromatic heterocycles. The summed E-state index contributed by atoms with van der Waals surface area (Å²) in [5.74, 6) is 1.45. The van der Waals surface area contributed by atoms with E-state index in [1.807, 2.05) is 6.20 Å². The van der Waals surface area contributed by atoms with Crippen molar-refractivity contribution in [2.75, 3.05) is 6.54 Å². The molecule has 1 amide bonds. The number of carbonyl (C=O) groups is 1. The third-order valence-electron chi connectivity index (χ3n) is 4.24. The van der Waals surface area contributed by atoms with Crippen molar-refractivity contribution in [3.05, 3.63) is 30.4 Å². The number of rotatable bonds is 2. The molecule has 102 valence electrons. The molecule has 0 spiro atoms. The Labute approximate surface area is 113 Å². The molecule has 0 radical (unpaired) electrons. The molecular weight excluding hydrogens is 238 g/mol. The summed E-state index contributed by atoms with van der Waals surface area (Å²) < 4.78 is 0. The first kappa shape index (κ1) is 12.5. The maximum Gasteiger partial charge on any atom is 0.226 e. The summed E-state index contributed by atoms with van der Waals surface area (Å²) in [7, 11) is 0. The number of piperidine rings is 1. The van der Waals surface area contributed by atoms with Crippen molar-refractivity contribution >= 4 is 5.91 Å². The quantitative estimate of drug-likeness (QED) is 0.830. The van der Waals surface area contributed by atoms with E-state index in [1.165, 1.54) is 6.42 Å². The van der Waals surface area contributed by atoms with Crippen molar-refractivity contribution in [1.29, 1.82) is 0 Å². The lowest BCUT2D eigenvalue weighted by molar-refractivity contribution is -0.140. The minimum Gasteiger partial charge on any atom is -0.347 e. The van der Waals surface area contributed by atoms with Crippen LogP contribution in [0.2, 0.25) is 0 Å². The highest BCUT2D eigenvalue weighted by atomic mass is 16.2. The average Bonchev–Trinajstić information content (AvgIpc) is 3.01. The van der Waals surface area contributed by atoms with Gasteiger partial charge in [-0.1, -0.05) is 12.2 Å². The number of amides is 1. The Morgan fingerprint density at radius 1 is 1.32 bits per heavy atom. The summed E-state index contributed by atoms with van der Waals surface area (Å²) in [5.41, 5.74) is 0. The van der Waals surface area contributed by atoms with Crippen LogP contribution in [0.15, 0.2) is 24.5 Å². The number of imidazole rings is 1. The third-order valence-corrected chi connectivity index (χ3v) is 4.24. The molecule has 0 unspecified atom stereocenters. The summed E-state index contributed by atoms with van der Waals surface area (Å²) in [5, 5.41) is 0. The van der Waals surface area contributed by atoms with Crippen LogP contribution in [0.25, 0.3) is 0 Å². The topological polar surface area (TPSA) is 49.0 Å². The number of nitrogens with zero attached hydrogens (tertiary/aromatic N) is 2. The Bertz CT molecular complexity index is 452. The van der Waals surface area contributed by atoms with Gasteiger partial charge in [0.05, 0.1) is 6.04 Å². The number of aromatic nitrogens is 2. The highest BCUT2D eigenvalue weighted by molar-refractivity contribution is 5.79. The van der Waals surface area contributed by atoms with E-state index in [0.29, 0.717) is 5.91 Å². The molecule has 4 heteroatoms. The first-order chi connectivity index (χ1) is 9.36. The number of allylic oxidation sites excluding steroid dienone is 2. The summed E-state index contributed by atoms with van der Waals surface area (Å²) >= 11 is 0. The van der Waals surface area contributed by atoms with Crippen LogP contribution in [0.1, 0.15) is 50.4 Å². The molecule has 2 atom stereocenters. The van der Waals surface area contributed by atoms with Crippen molar-refractivity contribution in [1.82, 2.24) is 14.9 Å². The molecule has 1 saturated heterocycles. The Morgan fingerprint density at radius 3 is 3.00 bits per heavy atom. The van der Waals surface area contributed by atoms with E-state index >= 15 is 0 Å². The van der Waals surface area contributed by atoms with Gasteiger partial charge >= 0.3 is 0 Å². The van der Waals surface area contributed by atoms with Gasteiger partial charge in [-0.15, -0.1) is 0 Å². The zero-order chi connectivity index (χ0) is 13.1. The van der Waals surface area contributed by atoms with Crippen LogP contribution in [0, 0.1) is 5.92 Å². The van der Waals surface area contributed by atoms with Crippen LogP contribution >= 0.6 is 0 Å². The number of aromatic amines is 1. The van der Waals surface area contributed by atoms with Crippen molar-refractivity contribution in [2.24, 2.45) is 5.92 Å². The van der Waals surface area contributed by atoms with Crippen LogP contribution in [-0.4, -0.2) is 27.3 Å². The second-order valence-electron chi connectivity index (χ2n) is 5.50. The fourth-order valence-electron chi connectivity index (χ4n) is 3.19. The van der Waals surface area contributed by atoms with Gasteiger partial charge in [0.25, 0.3) is 0 Å². The zero-order valence-corrected chi connectivity index (χ0v) is 11.2. The molecule has 19 heavy (non-hydrogen) atoms. The number of hydrogen-bond donors (Lipinski definition) is 1. The monoisotopic (exact) mass is 259 g/mol. The molecule has 2 heterocycles. The van der Waals surface area contributed by atoms with Crippen molar-refractivity contribution in [3.8, 4) is 0 Å². The van der Waals surface area contributed by atoms with Gasteiger partial charge in [-0.25, -0.2) is 4.98 Å². The van der Waals surface area contributed by atoms with E-state index in [9.17, 15) is 4.79 Å². The predicted molar refractivity (Wildman–Crippen MR) is 73.4 cm³/mol. The van der Waals surface area contributed by atoms with E-state index in [4.69, 9.17) is 0 Å². The van der Waals surface area contributed by atoms with Gasteiger partial charge in [0, 0.05) is 24.9 Å². The fraction of sp³-hybridized carbons (Fsp3) is 0.600. The Morgan fingerprint density at radius 2 is 2.26 bits per heavy atom. The lowest BCUT2D eigenvalue weighted by atomic mass is 9.91. The van der Waals surface area contributed by atoms with E-state index in [-0.39, 0.29) is 12.0 Å². The van der Waals surface area contributed by atoms with E-state index in [1.54, 1.807) is 6.20 Å². The molecule has 4 nitrogen and oxygen atoms in total. The van der Waals surface area contributed by atoms with Crippen molar-refractivity contribution in [3.63, 3.8) is 0 Å². The number of H-pyrrole nitrogens is 1. The standard InChI is InChI=1S/C15H21N3O/c19-15(12-6-2-1-3-7-12)18-11-5-4-8-13(18)14-16-9-10-17-14/h1-2,9-10,12-13H,3-8,11H2,(H,16,17)/t12-,13-/m1/s1. The van der Waals surface area contributed by atoms with Gasteiger partial charge in [-0.2, -0.15) is 0 Å². The zero-order valence-electron chi connectivity index (χ0n) is 11.2. The minimum absolute atomic E-state index is 0.155. The second kappa shape index (κ2) is 5.59. The van der Waals surface area contributed by atoms with Crippen LogP contribution in [0.4, 0.5) is 0 Å². The lowest BCUT2D eigenvalue weighted by Gasteiger charge is -2.37. The molecule has 1 fully saturated rings. The van der Waals surface area contributed by atoms with Gasteiger partial charge in [0.2, 0.25) is 5.91 Å². The number of hydrogen-bond acceptors (Lipinski definition) is 2.